The van der Waals surface area contributed by atoms with E-state index >= 15 is 0 Å². The van der Waals surface area contributed by atoms with E-state index in [-0.39, 0.29) is 0 Å². The predicted molar refractivity (Wildman–Crippen MR) is 261 cm³/mol. The van der Waals surface area contributed by atoms with Gasteiger partial charge in [0.15, 0.2) is 11.6 Å². The minimum Gasteiger partial charge on any atom is -0.456 e. The highest BCUT2D eigenvalue weighted by Crippen LogP contribution is 2.43. The summed E-state index contributed by atoms with van der Waals surface area (Å²) in [6, 6.07) is 72.7. The van der Waals surface area contributed by atoms with E-state index in [1.807, 2.05) is 48.5 Å². The van der Waals surface area contributed by atoms with Crippen molar-refractivity contribution in [3.8, 4) is 40.1 Å². The summed E-state index contributed by atoms with van der Waals surface area (Å²) in [6.45, 7) is 0. The lowest BCUT2D eigenvalue weighted by Gasteiger charge is -2.17. The molecule has 5 heterocycles. The summed E-state index contributed by atoms with van der Waals surface area (Å²) in [6.07, 6.45) is 0. The molecule has 5 aromatic heterocycles. The zero-order valence-electron chi connectivity index (χ0n) is 34.2. The number of para-hydroxylation sites is 6. The van der Waals surface area contributed by atoms with Gasteiger partial charge in [-0.1, -0.05) is 140 Å². The van der Waals surface area contributed by atoms with Crippen LogP contribution in [0, 0.1) is 0 Å². The Morgan fingerprint density at radius 2 is 0.781 bits per heavy atom. The Morgan fingerprint density at radius 3 is 1.39 bits per heavy atom. The molecular weight excluding hydrogens is 785 g/mol. The van der Waals surface area contributed by atoms with Crippen LogP contribution in [0.15, 0.2) is 211 Å². The molecule has 0 radical (unpaired) electrons. The molecule has 0 aliphatic heterocycles. The van der Waals surface area contributed by atoms with Crippen LogP contribution in [0.25, 0.3) is 127 Å². The van der Waals surface area contributed by atoms with Crippen molar-refractivity contribution < 1.29 is 4.42 Å². The Labute approximate surface area is 365 Å². The molecule has 0 fully saturated rings. The van der Waals surface area contributed by atoms with Crippen LogP contribution < -0.4 is 0 Å². The predicted octanol–water partition coefficient (Wildman–Crippen LogP) is 14.4. The van der Waals surface area contributed by atoms with Gasteiger partial charge in [-0.2, -0.15) is 9.97 Å². The second kappa shape index (κ2) is 13.3. The molecule has 9 aromatic carbocycles. The monoisotopic (exact) mass is 818 g/mol. The molecular formula is C57H34N6O. The highest BCUT2D eigenvalue weighted by Gasteiger charge is 2.25. The van der Waals surface area contributed by atoms with Crippen LogP contribution in [0.4, 0.5) is 0 Å². The summed E-state index contributed by atoms with van der Waals surface area (Å²) in [4.78, 5) is 16.0. The maximum Gasteiger partial charge on any atom is 0.238 e. The van der Waals surface area contributed by atoms with Crippen molar-refractivity contribution in [2.75, 3.05) is 0 Å². The lowest BCUT2D eigenvalue weighted by atomic mass is 10.1. The van der Waals surface area contributed by atoms with Crippen molar-refractivity contribution >= 4 is 87.4 Å². The zero-order valence-corrected chi connectivity index (χ0v) is 34.2. The largest absolute Gasteiger partial charge is 0.456 e. The fourth-order valence-corrected chi connectivity index (χ4v) is 10.1. The van der Waals surface area contributed by atoms with Crippen LogP contribution in [-0.2, 0) is 0 Å². The minimum absolute atomic E-state index is 0.527. The van der Waals surface area contributed by atoms with Crippen LogP contribution in [0.1, 0.15) is 0 Å². The quantitative estimate of drug-likeness (QED) is 0.173. The van der Waals surface area contributed by atoms with Crippen LogP contribution >= 0.6 is 0 Å². The summed E-state index contributed by atoms with van der Waals surface area (Å²) in [5.41, 5.74) is 12.0. The summed E-state index contributed by atoms with van der Waals surface area (Å²) in [5, 5.41) is 9.05. The third kappa shape index (κ3) is 5.00. The van der Waals surface area contributed by atoms with Gasteiger partial charge in [0.1, 0.15) is 11.2 Å². The van der Waals surface area contributed by atoms with Gasteiger partial charge in [-0.3, -0.25) is 4.57 Å². The number of benzene rings is 9. The topological polar surface area (TPSA) is 66.6 Å². The number of aromatic nitrogens is 6. The molecule has 64 heavy (non-hydrogen) atoms. The van der Waals surface area contributed by atoms with Gasteiger partial charge in [-0.15, -0.1) is 0 Å². The lowest BCUT2D eigenvalue weighted by molar-refractivity contribution is 0.669. The number of hydrogen-bond donors (Lipinski definition) is 0. The minimum atomic E-state index is 0.527. The van der Waals surface area contributed by atoms with Crippen LogP contribution in [0.5, 0.6) is 0 Å². The second-order valence-electron chi connectivity index (χ2n) is 16.4. The lowest BCUT2D eigenvalue weighted by Crippen LogP contribution is -2.08. The molecule has 0 amide bonds. The Kier molecular flexibility index (Phi) is 7.27. The highest BCUT2D eigenvalue weighted by molar-refractivity contribution is 6.16. The Balaban J connectivity index is 1.14. The van der Waals surface area contributed by atoms with Gasteiger partial charge in [0.05, 0.1) is 38.8 Å². The molecule has 0 aliphatic carbocycles. The maximum absolute atomic E-state index is 6.25. The molecule has 0 bridgehead atoms. The first kappa shape index (κ1) is 34.9. The number of hydrogen-bond acceptors (Lipinski definition) is 4. The van der Waals surface area contributed by atoms with E-state index in [1.54, 1.807) is 0 Å². The molecule has 0 aliphatic rings. The standard InChI is InChI=1S/C57H34N6O/c1-2-16-35(17-3-1)55-58-56(36-30-31-53-44(32-36)43-23-9-15-29-52(43)64-53)60-57(59-55)63-50-28-14-8-22-42(50)45-33-37(61-46-24-10-4-18-38(46)39-19-5-11-25-47(39)61)34-51(54(45)63)62-48-26-12-6-20-40(48)41-21-7-13-27-49(41)62/h1-34H. The van der Waals surface area contributed by atoms with E-state index in [0.29, 0.717) is 17.6 Å². The average molecular weight is 819 g/mol. The summed E-state index contributed by atoms with van der Waals surface area (Å²) >= 11 is 0. The number of nitrogens with zero attached hydrogens (tertiary/aromatic N) is 6. The van der Waals surface area contributed by atoms with Crippen molar-refractivity contribution in [3.05, 3.63) is 206 Å². The summed E-state index contributed by atoms with van der Waals surface area (Å²) in [5.74, 6) is 1.69. The number of furan rings is 1. The highest BCUT2D eigenvalue weighted by atomic mass is 16.3. The van der Waals surface area contributed by atoms with Gasteiger partial charge in [0.2, 0.25) is 5.95 Å². The van der Waals surface area contributed by atoms with Crippen molar-refractivity contribution in [1.82, 2.24) is 28.7 Å². The summed E-state index contributed by atoms with van der Waals surface area (Å²) in [7, 11) is 0. The van der Waals surface area contributed by atoms with Crippen molar-refractivity contribution in [3.63, 3.8) is 0 Å². The molecule has 0 saturated carbocycles. The van der Waals surface area contributed by atoms with Gasteiger partial charge in [0.25, 0.3) is 0 Å². The maximum atomic E-state index is 6.25. The molecule has 0 N–H and O–H groups in total. The SMILES string of the molecule is c1ccc(-c2nc(-c3ccc4oc5ccccc5c4c3)nc(-n3c4ccccc4c4cc(-n5c6ccccc6c6ccccc65)cc(-n5c6ccccc6c6ccccc65)c43)n2)cc1. The van der Waals surface area contributed by atoms with Gasteiger partial charge in [0, 0.05) is 59.9 Å². The van der Waals surface area contributed by atoms with Crippen LogP contribution in [0.3, 0.4) is 0 Å². The fourth-order valence-electron chi connectivity index (χ4n) is 10.1. The van der Waals surface area contributed by atoms with E-state index in [0.717, 1.165) is 88.3 Å². The van der Waals surface area contributed by atoms with E-state index in [1.165, 1.54) is 21.5 Å². The molecule has 0 spiro atoms. The van der Waals surface area contributed by atoms with E-state index in [2.05, 4.69) is 171 Å². The Hall–Kier alpha value is -8.81. The van der Waals surface area contributed by atoms with E-state index in [9.17, 15) is 0 Å². The summed E-state index contributed by atoms with van der Waals surface area (Å²) < 4.78 is 13.3. The third-order valence-electron chi connectivity index (χ3n) is 12.9. The first-order valence-electron chi connectivity index (χ1n) is 21.5. The molecule has 14 aromatic rings. The van der Waals surface area contributed by atoms with Gasteiger partial charge >= 0.3 is 0 Å². The number of rotatable bonds is 5. The van der Waals surface area contributed by atoms with E-state index in [4.69, 9.17) is 19.4 Å². The zero-order chi connectivity index (χ0) is 41.9. The number of fused-ring (bicyclic) bond motifs is 12. The first-order valence-corrected chi connectivity index (χ1v) is 21.5. The van der Waals surface area contributed by atoms with Crippen molar-refractivity contribution in [1.29, 1.82) is 0 Å². The first-order chi connectivity index (χ1) is 31.7. The molecule has 7 heteroatoms. The Bertz CT molecular complexity index is 4100. The molecule has 7 nitrogen and oxygen atoms in total. The third-order valence-corrected chi connectivity index (χ3v) is 12.9. The fraction of sp³-hybridized carbons (Fsp3) is 0. The van der Waals surface area contributed by atoms with Gasteiger partial charge in [-0.25, -0.2) is 4.98 Å². The van der Waals surface area contributed by atoms with E-state index < -0.39 is 0 Å². The molecule has 14 rings (SSSR count). The average Bonchev–Trinajstić information content (AvgIpc) is 4.10. The molecule has 0 unspecified atom stereocenters. The van der Waals surface area contributed by atoms with Gasteiger partial charge < -0.3 is 13.6 Å². The van der Waals surface area contributed by atoms with Crippen LogP contribution in [0.2, 0.25) is 0 Å². The van der Waals surface area contributed by atoms with Crippen molar-refractivity contribution in [2.45, 2.75) is 0 Å². The van der Waals surface area contributed by atoms with Gasteiger partial charge in [-0.05, 0) is 66.7 Å². The Morgan fingerprint density at radius 1 is 0.312 bits per heavy atom. The van der Waals surface area contributed by atoms with Crippen LogP contribution in [-0.4, -0.2) is 28.7 Å². The molecule has 0 atom stereocenters. The second-order valence-corrected chi connectivity index (χ2v) is 16.4. The smallest absolute Gasteiger partial charge is 0.238 e. The van der Waals surface area contributed by atoms with Crippen molar-refractivity contribution in [2.24, 2.45) is 0 Å². The molecule has 298 valence electrons. The molecule has 0 saturated heterocycles. The normalized spacial score (nSPS) is 12.1.